The van der Waals surface area contributed by atoms with Gasteiger partial charge in [0.15, 0.2) is 5.82 Å². The van der Waals surface area contributed by atoms with E-state index in [4.69, 9.17) is 10.2 Å². The molecule has 2 aromatic heterocycles. The lowest BCUT2D eigenvalue weighted by molar-refractivity contribution is 0.755. The Balaban J connectivity index is 1.47. The number of nitrogens with zero attached hydrogens (tertiary/aromatic N) is 5. The van der Waals surface area contributed by atoms with E-state index in [-0.39, 0.29) is 6.04 Å². The zero-order chi connectivity index (χ0) is 18.2. The Kier molecular flexibility index (Phi) is 3.58. The summed E-state index contributed by atoms with van der Waals surface area (Å²) in [5.41, 5.74) is 4.98. The minimum Gasteiger partial charge on any atom is -0.362 e. The van der Waals surface area contributed by atoms with Gasteiger partial charge in [-0.1, -0.05) is 24.3 Å². The summed E-state index contributed by atoms with van der Waals surface area (Å²) in [5, 5.41) is 12.6. The van der Waals surface area contributed by atoms with Crippen LogP contribution in [0.4, 0.5) is 5.82 Å². The SMILES string of the molecule is N#Cc1ccc2c(c1)ncn2-c1cncc(N[C@H]2CCc3ccccc32)n1. The first kappa shape index (κ1) is 15.5. The van der Waals surface area contributed by atoms with E-state index in [2.05, 4.69) is 45.6 Å². The molecule has 0 fully saturated rings. The monoisotopic (exact) mass is 352 g/mol. The van der Waals surface area contributed by atoms with Crippen molar-refractivity contribution in [3.05, 3.63) is 77.9 Å². The molecule has 1 aliphatic rings. The zero-order valence-electron chi connectivity index (χ0n) is 14.5. The number of benzene rings is 2. The number of imidazole rings is 1. The first-order valence-electron chi connectivity index (χ1n) is 8.86. The first-order chi connectivity index (χ1) is 13.3. The summed E-state index contributed by atoms with van der Waals surface area (Å²) in [4.78, 5) is 13.5. The predicted octanol–water partition coefficient (Wildman–Crippen LogP) is 3.79. The molecule has 2 aromatic carbocycles. The van der Waals surface area contributed by atoms with Crippen molar-refractivity contribution >= 4 is 16.9 Å². The Bertz CT molecular complexity index is 1190. The minimum absolute atomic E-state index is 0.253. The van der Waals surface area contributed by atoms with E-state index in [9.17, 15) is 0 Å². The van der Waals surface area contributed by atoms with Crippen LogP contribution in [-0.2, 0) is 6.42 Å². The highest BCUT2D eigenvalue weighted by Gasteiger charge is 2.22. The van der Waals surface area contributed by atoms with Gasteiger partial charge in [-0.15, -0.1) is 0 Å². The summed E-state index contributed by atoms with van der Waals surface area (Å²) >= 11 is 0. The van der Waals surface area contributed by atoms with Crippen LogP contribution >= 0.6 is 0 Å². The van der Waals surface area contributed by atoms with E-state index < -0.39 is 0 Å². The molecule has 0 amide bonds. The van der Waals surface area contributed by atoms with Crippen LogP contribution in [0.3, 0.4) is 0 Å². The normalized spacial score (nSPS) is 15.4. The molecule has 0 saturated carbocycles. The van der Waals surface area contributed by atoms with Crippen molar-refractivity contribution in [1.29, 1.82) is 5.26 Å². The summed E-state index contributed by atoms with van der Waals surface area (Å²) in [6, 6.07) is 16.4. The molecule has 0 unspecified atom stereocenters. The van der Waals surface area contributed by atoms with Gasteiger partial charge in [-0.2, -0.15) is 5.26 Å². The molecule has 27 heavy (non-hydrogen) atoms. The molecule has 5 rings (SSSR count). The highest BCUT2D eigenvalue weighted by atomic mass is 15.2. The summed E-state index contributed by atoms with van der Waals surface area (Å²) in [7, 11) is 0. The van der Waals surface area contributed by atoms with E-state index in [0.717, 1.165) is 29.7 Å². The number of nitrogens with one attached hydrogen (secondary N) is 1. The van der Waals surface area contributed by atoms with Crippen molar-refractivity contribution in [2.45, 2.75) is 18.9 Å². The van der Waals surface area contributed by atoms with E-state index in [0.29, 0.717) is 11.4 Å². The van der Waals surface area contributed by atoms with Crippen LogP contribution in [0, 0.1) is 11.3 Å². The van der Waals surface area contributed by atoms with Gasteiger partial charge in [0.2, 0.25) is 0 Å². The van der Waals surface area contributed by atoms with Gasteiger partial charge in [-0.05, 0) is 42.2 Å². The van der Waals surface area contributed by atoms with Crippen LogP contribution in [0.1, 0.15) is 29.2 Å². The molecule has 6 nitrogen and oxygen atoms in total. The molecule has 1 aliphatic carbocycles. The second-order valence-corrected chi connectivity index (χ2v) is 6.63. The largest absolute Gasteiger partial charge is 0.362 e. The molecule has 2 heterocycles. The summed E-state index contributed by atoms with van der Waals surface area (Å²) in [6.45, 7) is 0. The quantitative estimate of drug-likeness (QED) is 0.607. The van der Waals surface area contributed by atoms with Crippen molar-refractivity contribution in [2.24, 2.45) is 0 Å². The molecular weight excluding hydrogens is 336 g/mol. The van der Waals surface area contributed by atoms with Crippen LogP contribution in [-0.4, -0.2) is 19.5 Å². The van der Waals surface area contributed by atoms with Gasteiger partial charge in [0.05, 0.1) is 41.1 Å². The van der Waals surface area contributed by atoms with Crippen LogP contribution in [0.5, 0.6) is 0 Å². The molecule has 0 radical (unpaired) electrons. The van der Waals surface area contributed by atoms with Crippen molar-refractivity contribution in [2.75, 3.05) is 5.32 Å². The van der Waals surface area contributed by atoms with Gasteiger partial charge < -0.3 is 5.32 Å². The maximum absolute atomic E-state index is 9.05. The fourth-order valence-electron chi connectivity index (χ4n) is 3.69. The van der Waals surface area contributed by atoms with Crippen LogP contribution < -0.4 is 5.32 Å². The van der Waals surface area contributed by atoms with Gasteiger partial charge >= 0.3 is 0 Å². The first-order valence-corrected chi connectivity index (χ1v) is 8.86. The number of hydrogen-bond acceptors (Lipinski definition) is 5. The molecule has 0 saturated heterocycles. The number of hydrogen-bond donors (Lipinski definition) is 1. The van der Waals surface area contributed by atoms with Crippen LogP contribution in [0.2, 0.25) is 0 Å². The number of aromatic nitrogens is 4. The van der Waals surface area contributed by atoms with Gasteiger partial charge in [-0.3, -0.25) is 9.55 Å². The Morgan fingerprint density at radius 2 is 2.07 bits per heavy atom. The van der Waals surface area contributed by atoms with Gasteiger partial charge in [0.25, 0.3) is 0 Å². The molecule has 0 spiro atoms. The molecule has 0 aliphatic heterocycles. The third kappa shape index (κ3) is 2.70. The third-order valence-electron chi connectivity index (χ3n) is 5.00. The maximum Gasteiger partial charge on any atom is 0.159 e. The Hall–Kier alpha value is -3.72. The second-order valence-electron chi connectivity index (χ2n) is 6.63. The minimum atomic E-state index is 0.253. The number of aryl methyl sites for hydroxylation is 1. The third-order valence-corrected chi connectivity index (χ3v) is 5.00. The lowest BCUT2D eigenvalue weighted by Crippen LogP contribution is -2.10. The topological polar surface area (TPSA) is 79.4 Å². The highest BCUT2D eigenvalue weighted by Crippen LogP contribution is 2.33. The lowest BCUT2D eigenvalue weighted by Gasteiger charge is -2.15. The fourth-order valence-corrected chi connectivity index (χ4v) is 3.69. The zero-order valence-corrected chi connectivity index (χ0v) is 14.5. The van der Waals surface area contributed by atoms with Gasteiger partial charge in [0, 0.05) is 0 Å². The van der Waals surface area contributed by atoms with E-state index in [1.807, 2.05) is 10.6 Å². The maximum atomic E-state index is 9.05. The second kappa shape index (κ2) is 6.22. The number of anilines is 1. The Morgan fingerprint density at radius 3 is 3.00 bits per heavy atom. The molecule has 130 valence electrons. The Labute approximate surface area is 156 Å². The van der Waals surface area contributed by atoms with Crippen molar-refractivity contribution in [3.8, 4) is 11.9 Å². The van der Waals surface area contributed by atoms with Gasteiger partial charge in [-0.25, -0.2) is 9.97 Å². The van der Waals surface area contributed by atoms with Crippen molar-refractivity contribution in [1.82, 2.24) is 19.5 Å². The van der Waals surface area contributed by atoms with Crippen LogP contribution in [0.15, 0.2) is 61.2 Å². The van der Waals surface area contributed by atoms with E-state index in [1.165, 1.54) is 11.1 Å². The molecule has 1 atom stereocenters. The molecule has 0 bridgehead atoms. The van der Waals surface area contributed by atoms with Crippen molar-refractivity contribution in [3.63, 3.8) is 0 Å². The molecule has 6 heteroatoms. The molecular formula is C21H16N6. The van der Waals surface area contributed by atoms with Crippen LogP contribution in [0.25, 0.3) is 16.9 Å². The van der Waals surface area contributed by atoms with Crippen molar-refractivity contribution < 1.29 is 0 Å². The number of fused-ring (bicyclic) bond motifs is 2. The summed E-state index contributed by atoms with van der Waals surface area (Å²) in [6.07, 6.45) is 7.31. The predicted molar refractivity (Wildman–Crippen MR) is 103 cm³/mol. The Morgan fingerprint density at radius 1 is 1.15 bits per heavy atom. The fraction of sp³-hybridized carbons (Fsp3) is 0.143. The average molecular weight is 352 g/mol. The lowest BCUT2D eigenvalue weighted by atomic mass is 10.1. The smallest absolute Gasteiger partial charge is 0.159 e. The average Bonchev–Trinajstić information content (AvgIpc) is 3.32. The van der Waals surface area contributed by atoms with E-state index >= 15 is 0 Å². The highest BCUT2D eigenvalue weighted by molar-refractivity contribution is 5.78. The standard InChI is InChI=1S/C21H16N6/c22-10-14-5-8-19-18(9-14)24-13-27(19)21-12-23-11-20(26-21)25-17-7-6-15-3-1-2-4-16(15)17/h1-5,8-9,11-13,17H,6-7H2,(H,25,26)/t17-/m0/s1. The summed E-state index contributed by atoms with van der Waals surface area (Å²) < 4.78 is 1.89. The number of rotatable bonds is 3. The molecule has 4 aromatic rings. The van der Waals surface area contributed by atoms with E-state index in [1.54, 1.807) is 30.9 Å². The summed E-state index contributed by atoms with van der Waals surface area (Å²) in [5.74, 6) is 1.43. The number of nitriles is 1. The van der Waals surface area contributed by atoms with Gasteiger partial charge in [0.1, 0.15) is 12.1 Å². The molecule has 1 N–H and O–H groups in total.